The van der Waals surface area contributed by atoms with Gasteiger partial charge in [-0.25, -0.2) is 6.08 Å². The van der Waals surface area contributed by atoms with Crippen LogP contribution in [0.1, 0.15) is 5.56 Å². The fourth-order valence-electron chi connectivity index (χ4n) is 0.694. The average molecular weight is 315 g/mol. The SMILES string of the molecule is O=[C-]C=Cc1ccccc1.[W]. The fourth-order valence-corrected chi connectivity index (χ4v) is 0.694. The second-order valence-corrected chi connectivity index (χ2v) is 1.86. The van der Waals surface area contributed by atoms with Crippen LogP contribution in [0.5, 0.6) is 0 Å². The van der Waals surface area contributed by atoms with Crippen LogP contribution in [0, 0.1) is 0 Å². The monoisotopic (exact) mass is 315 g/mol. The van der Waals surface area contributed by atoms with E-state index >= 15 is 0 Å². The van der Waals surface area contributed by atoms with Crippen molar-refractivity contribution in [2.75, 3.05) is 0 Å². The van der Waals surface area contributed by atoms with Crippen LogP contribution in [-0.4, -0.2) is 6.29 Å². The Morgan fingerprint density at radius 1 is 1.18 bits per heavy atom. The summed E-state index contributed by atoms with van der Waals surface area (Å²) in [6.45, 7) is 0. The zero-order chi connectivity index (χ0) is 7.23. The summed E-state index contributed by atoms with van der Waals surface area (Å²) < 4.78 is 0. The molecule has 0 fully saturated rings. The molecule has 0 aromatic heterocycles. The van der Waals surface area contributed by atoms with Gasteiger partial charge in [0.1, 0.15) is 0 Å². The predicted octanol–water partition coefficient (Wildman–Crippen LogP) is 1.81. The van der Waals surface area contributed by atoms with E-state index in [1.54, 1.807) is 12.4 Å². The topological polar surface area (TPSA) is 17.1 Å². The maximum atomic E-state index is 9.77. The average Bonchev–Trinajstić information content (AvgIpc) is 2.03. The van der Waals surface area contributed by atoms with Gasteiger partial charge in [0.2, 0.25) is 0 Å². The smallest absolute Gasteiger partial charge is 0 e. The molecule has 0 aliphatic heterocycles. The van der Waals surface area contributed by atoms with Crippen LogP contribution in [0.15, 0.2) is 36.4 Å². The Bertz CT molecular complexity index is 229. The predicted molar refractivity (Wildman–Crippen MR) is 41.2 cm³/mol. The Morgan fingerprint density at radius 2 is 1.82 bits per heavy atom. The van der Waals surface area contributed by atoms with Gasteiger partial charge >= 0.3 is 0 Å². The van der Waals surface area contributed by atoms with Crippen molar-refractivity contribution < 1.29 is 25.9 Å². The molecule has 1 nitrogen and oxygen atoms in total. The summed E-state index contributed by atoms with van der Waals surface area (Å²) in [5.74, 6) is 0. The van der Waals surface area contributed by atoms with Crippen molar-refractivity contribution in [1.29, 1.82) is 0 Å². The van der Waals surface area contributed by atoms with Crippen molar-refractivity contribution in [3.05, 3.63) is 42.0 Å². The van der Waals surface area contributed by atoms with Gasteiger partial charge in [-0.3, -0.25) is 0 Å². The summed E-state index contributed by atoms with van der Waals surface area (Å²) in [6, 6.07) is 9.62. The number of hydrogen-bond acceptors (Lipinski definition) is 1. The number of hydrogen-bond donors (Lipinski definition) is 0. The molecule has 1 rings (SSSR count). The summed E-state index contributed by atoms with van der Waals surface area (Å²) in [7, 11) is 0. The normalized spacial score (nSPS) is 9.09. The minimum absolute atomic E-state index is 0. The molecule has 0 spiro atoms. The molecule has 1 aromatic rings. The molecule has 2 heteroatoms. The van der Waals surface area contributed by atoms with E-state index in [2.05, 4.69) is 0 Å². The molecule has 0 N–H and O–H groups in total. The molecule has 11 heavy (non-hydrogen) atoms. The van der Waals surface area contributed by atoms with E-state index in [1.165, 1.54) is 6.08 Å². The van der Waals surface area contributed by atoms with Crippen molar-refractivity contribution in [1.82, 2.24) is 0 Å². The fraction of sp³-hybridized carbons (Fsp3) is 0. The second kappa shape index (κ2) is 6.06. The summed E-state index contributed by atoms with van der Waals surface area (Å²) in [5.41, 5.74) is 1.02. The molecule has 0 bridgehead atoms. The summed E-state index contributed by atoms with van der Waals surface area (Å²) in [6.07, 6.45) is 4.76. The van der Waals surface area contributed by atoms with Gasteiger partial charge in [0.15, 0.2) is 0 Å². The van der Waals surface area contributed by atoms with E-state index in [9.17, 15) is 4.79 Å². The van der Waals surface area contributed by atoms with Crippen molar-refractivity contribution >= 4 is 12.4 Å². The van der Waals surface area contributed by atoms with Gasteiger partial charge in [-0.15, -0.1) is 5.56 Å². The molecule has 56 valence electrons. The minimum atomic E-state index is 0. The van der Waals surface area contributed by atoms with Crippen molar-refractivity contribution in [3.63, 3.8) is 0 Å². The maximum absolute atomic E-state index is 9.77. The van der Waals surface area contributed by atoms with Gasteiger partial charge in [-0.05, 0) is 6.29 Å². The zero-order valence-corrected chi connectivity index (χ0v) is 8.79. The molecule has 0 heterocycles. The third-order valence-corrected chi connectivity index (χ3v) is 1.14. The van der Waals surface area contributed by atoms with Crippen LogP contribution in [0.3, 0.4) is 0 Å². The first-order valence-electron chi connectivity index (χ1n) is 3.03. The Hall–Kier alpha value is -0.682. The van der Waals surface area contributed by atoms with E-state index < -0.39 is 0 Å². The Labute approximate surface area is 80.4 Å². The quantitative estimate of drug-likeness (QED) is 0.601. The number of carbonyl (C=O) groups excluding carboxylic acids is 1. The third kappa shape index (κ3) is 3.90. The first-order chi connectivity index (χ1) is 4.93. The van der Waals surface area contributed by atoms with Crippen LogP contribution in [0.25, 0.3) is 6.08 Å². The van der Waals surface area contributed by atoms with E-state index in [1.807, 2.05) is 30.3 Å². The number of allylic oxidation sites excluding steroid dienone is 1. The Kier molecular flexibility index (Phi) is 5.68. The van der Waals surface area contributed by atoms with Crippen molar-refractivity contribution in [2.45, 2.75) is 0 Å². The van der Waals surface area contributed by atoms with Crippen LogP contribution in [-0.2, 0) is 25.9 Å². The van der Waals surface area contributed by atoms with Gasteiger partial charge < -0.3 is 4.79 Å². The largest absolute Gasteiger partial charge is 0.419 e. The third-order valence-electron chi connectivity index (χ3n) is 1.14. The van der Waals surface area contributed by atoms with Gasteiger partial charge in [-0.2, -0.15) is 6.08 Å². The molecule has 0 aliphatic rings. The Balaban J connectivity index is 0.000001000. The number of benzene rings is 1. The van der Waals surface area contributed by atoms with Crippen LogP contribution < -0.4 is 0 Å². The van der Waals surface area contributed by atoms with Crippen LogP contribution >= 0.6 is 0 Å². The van der Waals surface area contributed by atoms with Crippen LogP contribution in [0.2, 0.25) is 0 Å². The van der Waals surface area contributed by atoms with Gasteiger partial charge in [0.25, 0.3) is 0 Å². The zero-order valence-electron chi connectivity index (χ0n) is 5.86. The molecule has 0 atom stereocenters. The first kappa shape index (κ1) is 10.3. The van der Waals surface area contributed by atoms with Crippen molar-refractivity contribution in [3.8, 4) is 0 Å². The minimum Gasteiger partial charge on any atom is -0.419 e. The molecule has 0 aliphatic carbocycles. The van der Waals surface area contributed by atoms with Gasteiger partial charge in [0, 0.05) is 21.1 Å². The molecular weight excluding hydrogens is 308 g/mol. The Morgan fingerprint density at radius 3 is 2.36 bits per heavy atom. The first-order valence-corrected chi connectivity index (χ1v) is 3.03. The van der Waals surface area contributed by atoms with E-state index in [0.29, 0.717) is 0 Å². The summed E-state index contributed by atoms with van der Waals surface area (Å²) in [5, 5.41) is 0. The summed E-state index contributed by atoms with van der Waals surface area (Å²) >= 11 is 0. The second-order valence-electron chi connectivity index (χ2n) is 1.86. The molecule has 0 radical (unpaired) electrons. The van der Waals surface area contributed by atoms with E-state index in [0.717, 1.165) is 5.56 Å². The van der Waals surface area contributed by atoms with Crippen molar-refractivity contribution in [2.24, 2.45) is 0 Å². The maximum Gasteiger partial charge on any atom is 0 e. The number of rotatable bonds is 2. The molecule has 0 saturated carbocycles. The summed E-state index contributed by atoms with van der Waals surface area (Å²) in [4.78, 5) is 9.77. The van der Waals surface area contributed by atoms with Crippen LogP contribution in [0.4, 0.5) is 0 Å². The molecule has 0 saturated heterocycles. The molecule has 1 aromatic carbocycles. The van der Waals surface area contributed by atoms with E-state index in [4.69, 9.17) is 0 Å². The molecule has 0 unspecified atom stereocenters. The van der Waals surface area contributed by atoms with Gasteiger partial charge in [0.05, 0.1) is 0 Å². The standard InChI is InChI=1S/C9H7O.W/c10-8-4-7-9-5-2-1-3-6-9;/h1-7H;/q-1;. The van der Waals surface area contributed by atoms with Gasteiger partial charge in [-0.1, -0.05) is 30.3 Å². The molecule has 0 amide bonds. The molecular formula is C9H7OW-. The van der Waals surface area contributed by atoms with E-state index in [-0.39, 0.29) is 21.1 Å².